The van der Waals surface area contributed by atoms with E-state index in [4.69, 9.17) is 20.4 Å². The number of rotatable bonds is 4. The van der Waals surface area contributed by atoms with Crippen LogP contribution in [0.15, 0.2) is 18.5 Å². The van der Waals surface area contributed by atoms with Crippen LogP contribution in [0.5, 0.6) is 6.01 Å². The lowest BCUT2D eigenvalue weighted by atomic mass is 9.65. The van der Waals surface area contributed by atoms with Gasteiger partial charge in [0, 0.05) is 41.0 Å². The van der Waals surface area contributed by atoms with Gasteiger partial charge in [0.2, 0.25) is 0 Å². The van der Waals surface area contributed by atoms with Crippen LogP contribution in [0, 0.1) is 11.3 Å². The molecule has 3 aliphatic rings. The number of nitrogens with two attached hydrogens (primary N) is 1. The SMILES string of the molecule is C[C@H](Oc1nccc(-c2ncc3n2CCC[C@]32CCCc3sc(N)c(C#N)c32)n1)[C@@H]1CCCN1C. The molecule has 0 saturated carbocycles. The maximum atomic E-state index is 9.93. The van der Waals surface area contributed by atoms with Crippen LogP contribution in [0.3, 0.4) is 0 Å². The van der Waals surface area contributed by atoms with E-state index >= 15 is 0 Å². The maximum absolute atomic E-state index is 9.93. The zero-order valence-corrected chi connectivity index (χ0v) is 21.1. The average molecular weight is 490 g/mol. The number of nitrogens with zero attached hydrogens (tertiary/aromatic N) is 6. The van der Waals surface area contributed by atoms with E-state index < -0.39 is 0 Å². The summed E-state index contributed by atoms with van der Waals surface area (Å²) in [4.78, 5) is 17.6. The summed E-state index contributed by atoms with van der Waals surface area (Å²) in [6.45, 7) is 4.09. The van der Waals surface area contributed by atoms with Crippen molar-refractivity contribution in [3.05, 3.63) is 40.2 Å². The summed E-state index contributed by atoms with van der Waals surface area (Å²) in [6, 6.07) is 5.10. The van der Waals surface area contributed by atoms with Crippen LogP contribution in [0.4, 0.5) is 5.00 Å². The monoisotopic (exact) mass is 489 g/mol. The summed E-state index contributed by atoms with van der Waals surface area (Å²) in [5.41, 5.74) is 9.86. The number of likely N-dealkylation sites (tertiary alicyclic amines) is 1. The number of likely N-dealkylation sites (N-methyl/N-ethyl adjacent to an activating group) is 1. The van der Waals surface area contributed by atoms with Gasteiger partial charge >= 0.3 is 6.01 Å². The van der Waals surface area contributed by atoms with Crippen molar-refractivity contribution in [2.75, 3.05) is 19.3 Å². The molecule has 9 heteroatoms. The van der Waals surface area contributed by atoms with Crippen LogP contribution in [0.2, 0.25) is 0 Å². The summed E-state index contributed by atoms with van der Waals surface area (Å²) in [5, 5.41) is 10.6. The van der Waals surface area contributed by atoms with E-state index in [2.05, 4.69) is 34.5 Å². The first-order valence-electron chi connectivity index (χ1n) is 12.6. The Labute approximate surface area is 209 Å². The quantitative estimate of drug-likeness (QED) is 0.587. The van der Waals surface area contributed by atoms with Gasteiger partial charge in [0.15, 0.2) is 5.82 Å². The first-order valence-corrected chi connectivity index (χ1v) is 13.4. The maximum Gasteiger partial charge on any atom is 0.317 e. The highest BCUT2D eigenvalue weighted by Crippen LogP contribution is 2.53. The number of aryl methyl sites for hydroxylation is 1. The minimum Gasteiger partial charge on any atom is -0.459 e. The summed E-state index contributed by atoms with van der Waals surface area (Å²) in [7, 11) is 2.15. The third-order valence-corrected chi connectivity index (χ3v) is 9.29. The number of anilines is 1. The van der Waals surface area contributed by atoms with E-state index in [0.29, 0.717) is 22.6 Å². The third kappa shape index (κ3) is 3.54. The molecule has 0 unspecified atom stereocenters. The van der Waals surface area contributed by atoms with Gasteiger partial charge in [-0.25, -0.2) is 9.97 Å². The molecule has 2 aliphatic heterocycles. The van der Waals surface area contributed by atoms with Crippen LogP contribution < -0.4 is 10.5 Å². The van der Waals surface area contributed by atoms with Crippen LogP contribution in [-0.2, 0) is 18.4 Å². The Morgan fingerprint density at radius 2 is 2.11 bits per heavy atom. The van der Waals surface area contributed by atoms with Crippen molar-refractivity contribution < 1.29 is 4.74 Å². The fourth-order valence-electron chi connectivity index (χ4n) is 6.62. The zero-order valence-electron chi connectivity index (χ0n) is 20.3. The lowest BCUT2D eigenvalue weighted by Crippen LogP contribution is -2.38. The van der Waals surface area contributed by atoms with Crippen molar-refractivity contribution in [2.45, 2.75) is 76.0 Å². The number of aromatic nitrogens is 4. The molecule has 1 saturated heterocycles. The molecular formula is C26H31N7OS. The number of imidazole rings is 1. The Bertz CT molecular complexity index is 1300. The van der Waals surface area contributed by atoms with Gasteiger partial charge in [-0.3, -0.25) is 4.90 Å². The molecule has 5 heterocycles. The van der Waals surface area contributed by atoms with Crippen LogP contribution >= 0.6 is 11.3 Å². The van der Waals surface area contributed by atoms with Gasteiger partial charge in [-0.2, -0.15) is 10.2 Å². The smallest absolute Gasteiger partial charge is 0.317 e. The summed E-state index contributed by atoms with van der Waals surface area (Å²) < 4.78 is 8.49. The largest absolute Gasteiger partial charge is 0.459 e. The third-order valence-electron chi connectivity index (χ3n) is 8.21. The van der Waals surface area contributed by atoms with Crippen molar-refractivity contribution in [2.24, 2.45) is 0 Å². The summed E-state index contributed by atoms with van der Waals surface area (Å²) in [6.07, 6.45) is 11.2. The Kier molecular flexibility index (Phi) is 5.53. The molecule has 1 aliphatic carbocycles. The Morgan fingerprint density at radius 3 is 2.91 bits per heavy atom. The standard InChI is InChI=1S/C26H31N7OS/c1-16(19-6-4-12-32(19)2)34-25-29-11-8-18(31-25)24-30-15-21-26(10-5-13-33(21)24)9-3-7-20-22(26)17(14-27)23(28)35-20/h8,11,15-16,19H,3-7,9-10,12-13,28H2,1-2H3/t16-,19-,26+/m0/s1. The van der Waals surface area contributed by atoms with Gasteiger partial charge in [-0.15, -0.1) is 11.3 Å². The normalized spacial score (nSPS) is 24.7. The molecule has 0 amide bonds. The highest BCUT2D eigenvalue weighted by Gasteiger charge is 2.46. The fourth-order valence-corrected chi connectivity index (χ4v) is 7.79. The van der Waals surface area contributed by atoms with E-state index in [0.717, 1.165) is 68.7 Å². The number of hydrogen-bond acceptors (Lipinski definition) is 8. The van der Waals surface area contributed by atoms with Crippen molar-refractivity contribution in [3.8, 4) is 23.6 Å². The Hall–Kier alpha value is -2.96. The van der Waals surface area contributed by atoms with E-state index in [1.807, 2.05) is 12.3 Å². The second-order valence-corrected chi connectivity index (χ2v) is 11.3. The number of fused-ring (bicyclic) bond motifs is 4. The minimum atomic E-state index is -0.204. The lowest BCUT2D eigenvalue weighted by Gasteiger charge is -2.41. The molecule has 1 fully saturated rings. The predicted octanol–water partition coefficient (Wildman–Crippen LogP) is 4.13. The number of nitrogen functional groups attached to an aromatic ring is 1. The van der Waals surface area contributed by atoms with Crippen LogP contribution in [-0.4, -0.2) is 50.2 Å². The molecular weight excluding hydrogens is 458 g/mol. The number of nitriles is 1. The van der Waals surface area contributed by atoms with Gasteiger partial charge < -0.3 is 15.0 Å². The van der Waals surface area contributed by atoms with Gasteiger partial charge in [0.05, 0.1) is 5.56 Å². The Morgan fingerprint density at radius 1 is 1.26 bits per heavy atom. The van der Waals surface area contributed by atoms with E-state index in [-0.39, 0.29) is 11.5 Å². The fraction of sp³-hybridized carbons (Fsp3) is 0.538. The first-order chi connectivity index (χ1) is 17.0. The molecule has 6 rings (SSSR count). The first kappa shape index (κ1) is 22.5. The molecule has 3 aromatic heterocycles. The van der Waals surface area contributed by atoms with Crippen molar-refractivity contribution in [1.82, 2.24) is 24.4 Å². The molecule has 2 N–H and O–H groups in total. The number of thiophene rings is 1. The molecule has 35 heavy (non-hydrogen) atoms. The van der Waals surface area contributed by atoms with Crippen LogP contribution in [0.1, 0.15) is 67.1 Å². The molecule has 8 nitrogen and oxygen atoms in total. The predicted molar refractivity (Wildman–Crippen MR) is 135 cm³/mol. The van der Waals surface area contributed by atoms with Crippen molar-refractivity contribution in [3.63, 3.8) is 0 Å². The molecule has 3 atom stereocenters. The molecule has 0 bridgehead atoms. The zero-order chi connectivity index (χ0) is 24.2. The summed E-state index contributed by atoms with van der Waals surface area (Å²) in [5.74, 6) is 0.839. The van der Waals surface area contributed by atoms with E-state index in [1.165, 1.54) is 17.0 Å². The topological polar surface area (TPSA) is 106 Å². The number of hydrogen-bond donors (Lipinski definition) is 1. The van der Waals surface area contributed by atoms with Gasteiger partial charge in [-0.1, -0.05) is 0 Å². The van der Waals surface area contributed by atoms with Crippen molar-refractivity contribution >= 4 is 16.3 Å². The molecule has 3 aromatic rings. The average Bonchev–Trinajstić information content (AvgIpc) is 3.56. The van der Waals surface area contributed by atoms with Gasteiger partial charge in [0.25, 0.3) is 0 Å². The van der Waals surface area contributed by atoms with Gasteiger partial charge in [0.1, 0.15) is 22.9 Å². The van der Waals surface area contributed by atoms with Crippen LogP contribution in [0.25, 0.3) is 11.5 Å². The van der Waals surface area contributed by atoms with E-state index in [9.17, 15) is 5.26 Å². The minimum absolute atomic E-state index is 0.0179. The van der Waals surface area contributed by atoms with E-state index in [1.54, 1.807) is 17.5 Å². The molecule has 0 aromatic carbocycles. The van der Waals surface area contributed by atoms with Gasteiger partial charge in [-0.05, 0) is 77.1 Å². The second-order valence-electron chi connectivity index (χ2n) is 10.1. The van der Waals surface area contributed by atoms with Crippen molar-refractivity contribution in [1.29, 1.82) is 5.26 Å². The molecule has 182 valence electrons. The highest BCUT2D eigenvalue weighted by atomic mass is 32.1. The summed E-state index contributed by atoms with van der Waals surface area (Å²) >= 11 is 1.59. The molecule has 1 spiro atoms. The Balaban J connectivity index is 1.36. The number of ether oxygens (including phenoxy) is 1. The highest BCUT2D eigenvalue weighted by molar-refractivity contribution is 7.16. The molecule has 0 radical (unpaired) electrons. The second kappa shape index (κ2) is 8.61. The lowest BCUT2D eigenvalue weighted by molar-refractivity contribution is 0.112.